The van der Waals surface area contributed by atoms with Crippen LogP contribution in [0.25, 0.3) is 11.1 Å². The van der Waals surface area contributed by atoms with Gasteiger partial charge in [-0.15, -0.1) is 0 Å². The number of nitrogens with two attached hydrogens (primary N) is 1. The highest BCUT2D eigenvalue weighted by Crippen LogP contribution is 2.43. The lowest BCUT2D eigenvalue weighted by molar-refractivity contribution is 0.411. The lowest BCUT2D eigenvalue weighted by atomic mass is 9.80. The molecule has 0 unspecified atom stereocenters. The molecule has 3 rings (SSSR count). The topological polar surface area (TPSA) is 54.7 Å². The zero-order chi connectivity index (χ0) is 11.8. The maximum Gasteiger partial charge on any atom is 0.153 e. The molecule has 1 saturated carbocycles. The number of nitrogens with one attached hydrogen (secondary N) is 1. The standard InChI is InChI=1S/C13H14ClN3/c14-10-7-2-1-6-9(10)11-12(8-4-3-5-8)16-17-13(11)15/h1-2,6-8H,3-5H2,(H3,15,16,17). The normalized spacial score (nSPS) is 15.8. The molecule has 2 aromatic rings. The SMILES string of the molecule is Nc1n[nH]c(C2CCC2)c1-c1ccccc1Cl. The molecule has 88 valence electrons. The number of nitrogen functional groups attached to an aromatic ring is 1. The summed E-state index contributed by atoms with van der Waals surface area (Å²) < 4.78 is 0. The van der Waals surface area contributed by atoms with E-state index in [0.717, 1.165) is 21.8 Å². The molecule has 0 bridgehead atoms. The minimum absolute atomic E-state index is 0.542. The molecule has 1 fully saturated rings. The van der Waals surface area contributed by atoms with E-state index in [4.69, 9.17) is 17.3 Å². The number of halogens is 1. The quantitative estimate of drug-likeness (QED) is 0.852. The second-order valence-corrected chi connectivity index (χ2v) is 4.91. The van der Waals surface area contributed by atoms with Crippen LogP contribution in [0.5, 0.6) is 0 Å². The molecule has 0 spiro atoms. The number of H-pyrrole nitrogens is 1. The first kappa shape index (κ1) is 10.7. The molecule has 3 N–H and O–H groups in total. The zero-order valence-electron chi connectivity index (χ0n) is 9.41. The summed E-state index contributed by atoms with van der Waals surface area (Å²) in [6.07, 6.45) is 3.70. The lowest BCUT2D eigenvalue weighted by Crippen LogP contribution is -2.10. The Labute approximate surface area is 105 Å². The fraction of sp³-hybridized carbons (Fsp3) is 0.308. The molecule has 0 atom stereocenters. The predicted molar refractivity (Wildman–Crippen MR) is 70.0 cm³/mol. The second kappa shape index (κ2) is 4.08. The summed E-state index contributed by atoms with van der Waals surface area (Å²) >= 11 is 6.23. The van der Waals surface area contributed by atoms with Gasteiger partial charge in [0.2, 0.25) is 0 Å². The van der Waals surface area contributed by atoms with E-state index in [-0.39, 0.29) is 0 Å². The molecule has 0 radical (unpaired) electrons. The molecular formula is C13H14ClN3. The van der Waals surface area contributed by atoms with E-state index in [2.05, 4.69) is 10.2 Å². The van der Waals surface area contributed by atoms with Crippen molar-refractivity contribution in [1.82, 2.24) is 10.2 Å². The second-order valence-electron chi connectivity index (χ2n) is 4.51. The average molecular weight is 248 g/mol. The van der Waals surface area contributed by atoms with Gasteiger partial charge in [0.15, 0.2) is 5.82 Å². The van der Waals surface area contributed by atoms with Crippen molar-refractivity contribution >= 4 is 17.4 Å². The van der Waals surface area contributed by atoms with Crippen LogP contribution in [0.1, 0.15) is 30.9 Å². The number of anilines is 1. The molecule has 1 heterocycles. The molecule has 1 aliphatic rings. The fourth-order valence-corrected chi connectivity index (χ4v) is 2.54. The van der Waals surface area contributed by atoms with Crippen molar-refractivity contribution in [2.24, 2.45) is 0 Å². The first-order valence-electron chi connectivity index (χ1n) is 5.86. The first-order valence-corrected chi connectivity index (χ1v) is 6.24. The van der Waals surface area contributed by atoms with E-state index in [1.165, 1.54) is 19.3 Å². The van der Waals surface area contributed by atoms with Gasteiger partial charge in [0.05, 0.1) is 0 Å². The minimum atomic E-state index is 0.542. The summed E-state index contributed by atoms with van der Waals surface area (Å²) in [6, 6.07) is 7.77. The molecule has 1 aliphatic carbocycles. The van der Waals surface area contributed by atoms with Crippen LogP contribution >= 0.6 is 11.6 Å². The number of aromatic amines is 1. The van der Waals surface area contributed by atoms with Crippen molar-refractivity contribution in [2.45, 2.75) is 25.2 Å². The van der Waals surface area contributed by atoms with E-state index in [9.17, 15) is 0 Å². The number of aromatic nitrogens is 2. The number of hydrogen-bond donors (Lipinski definition) is 2. The molecule has 0 saturated heterocycles. The molecule has 0 aliphatic heterocycles. The third kappa shape index (κ3) is 1.71. The Balaban J connectivity index is 2.13. The third-order valence-corrected chi connectivity index (χ3v) is 3.81. The van der Waals surface area contributed by atoms with Crippen LogP contribution in [0.3, 0.4) is 0 Å². The van der Waals surface area contributed by atoms with Gasteiger partial charge in [-0.25, -0.2) is 0 Å². The van der Waals surface area contributed by atoms with Crippen LogP contribution in [0, 0.1) is 0 Å². The Bertz CT molecular complexity index is 543. The third-order valence-electron chi connectivity index (χ3n) is 3.48. The van der Waals surface area contributed by atoms with Gasteiger partial charge in [0.1, 0.15) is 0 Å². The van der Waals surface area contributed by atoms with Crippen LogP contribution in [0.2, 0.25) is 5.02 Å². The van der Waals surface area contributed by atoms with Crippen molar-refractivity contribution < 1.29 is 0 Å². The molecule has 3 nitrogen and oxygen atoms in total. The molecule has 1 aromatic heterocycles. The van der Waals surface area contributed by atoms with Crippen LogP contribution < -0.4 is 5.73 Å². The van der Waals surface area contributed by atoms with Gasteiger partial charge in [0.25, 0.3) is 0 Å². The van der Waals surface area contributed by atoms with Crippen molar-refractivity contribution in [1.29, 1.82) is 0 Å². The predicted octanol–water partition coefficient (Wildman–Crippen LogP) is 3.58. The highest BCUT2D eigenvalue weighted by molar-refractivity contribution is 6.33. The fourth-order valence-electron chi connectivity index (χ4n) is 2.31. The Kier molecular flexibility index (Phi) is 2.56. The number of rotatable bonds is 2. The lowest BCUT2D eigenvalue weighted by Gasteiger charge is -2.25. The summed E-state index contributed by atoms with van der Waals surface area (Å²) in [5.74, 6) is 1.10. The molecule has 1 aromatic carbocycles. The van der Waals surface area contributed by atoms with E-state index >= 15 is 0 Å². The Morgan fingerprint density at radius 1 is 1.29 bits per heavy atom. The van der Waals surface area contributed by atoms with Gasteiger partial charge in [0, 0.05) is 27.8 Å². The van der Waals surface area contributed by atoms with Gasteiger partial charge in [-0.2, -0.15) is 5.10 Å². The number of benzene rings is 1. The van der Waals surface area contributed by atoms with E-state index < -0.39 is 0 Å². The van der Waals surface area contributed by atoms with Gasteiger partial charge in [-0.1, -0.05) is 36.2 Å². The first-order chi connectivity index (χ1) is 8.27. The minimum Gasteiger partial charge on any atom is -0.382 e. The molecular weight excluding hydrogens is 234 g/mol. The molecule has 17 heavy (non-hydrogen) atoms. The van der Waals surface area contributed by atoms with Gasteiger partial charge in [-0.3, -0.25) is 5.10 Å². The number of hydrogen-bond acceptors (Lipinski definition) is 2. The molecule has 0 amide bonds. The van der Waals surface area contributed by atoms with Gasteiger partial charge in [-0.05, 0) is 18.9 Å². The van der Waals surface area contributed by atoms with Crippen molar-refractivity contribution in [3.8, 4) is 11.1 Å². The van der Waals surface area contributed by atoms with E-state index in [0.29, 0.717) is 11.7 Å². The Morgan fingerprint density at radius 3 is 2.71 bits per heavy atom. The maximum atomic E-state index is 6.23. The monoisotopic (exact) mass is 247 g/mol. The number of nitrogens with zero attached hydrogens (tertiary/aromatic N) is 1. The zero-order valence-corrected chi connectivity index (χ0v) is 10.2. The Hall–Kier alpha value is -1.48. The van der Waals surface area contributed by atoms with Crippen molar-refractivity contribution in [3.63, 3.8) is 0 Å². The van der Waals surface area contributed by atoms with Crippen LogP contribution in [0.4, 0.5) is 5.82 Å². The summed E-state index contributed by atoms with van der Waals surface area (Å²) in [4.78, 5) is 0. The smallest absolute Gasteiger partial charge is 0.153 e. The highest BCUT2D eigenvalue weighted by Gasteiger charge is 2.26. The Morgan fingerprint density at radius 2 is 2.06 bits per heavy atom. The van der Waals surface area contributed by atoms with Crippen LogP contribution in [-0.2, 0) is 0 Å². The maximum absolute atomic E-state index is 6.23. The van der Waals surface area contributed by atoms with Gasteiger partial charge >= 0.3 is 0 Å². The van der Waals surface area contributed by atoms with E-state index in [1.54, 1.807) is 0 Å². The van der Waals surface area contributed by atoms with Crippen molar-refractivity contribution in [3.05, 3.63) is 35.0 Å². The van der Waals surface area contributed by atoms with Crippen LogP contribution in [0.15, 0.2) is 24.3 Å². The average Bonchev–Trinajstić information content (AvgIpc) is 2.59. The largest absolute Gasteiger partial charge is 0.382 e. The van der Waals surface area contributed by atoms with Crippen LogP contribution in [-0.4, -0.2) is 10.2 Å². The summed E-state index contributed by atoms with van der Waals surface area (Å²) in [5, 5.41) is 7.92. The highest BCUT2D eigenvalue weighted by atomic mass is 35.5. The van der Waals surface area contributed by atoms with Gasteiger partial charge < -0.3 is 5.73 Å². The van der Waals surface area contributed by atoms with E-state index in [1.807, 2.05) is 24.3 Å². The summed E-state index contributed by atoms with van der Waals surface area (Å²) in [5.41, 5.74) is 9.06. The summed E-state index contributed by atoms with van der Waals surface area (Å²) in [7, 11) is 0. The molecule has 4 heteroatoms. The van der Waals surface area contributed by atoms with Crippen molar-refractivity contribution in [2.75, 3.05) is 5.73 Å². The summed E-state index contributed by atoms with van der Waals surface area (Å²) in [6.45, 7) is 0.